The zero-order valence-electron chi connectivity index (χ0n) is 37.5. The lowest BCUT2D eigenvalue weighted by molar-refractivity contribution is -0.161. The minimum atomic E-state index is -4.38. The quantitative estimate of drug-likeness (QED) is 0.0266. The maximum atomic E-state index is 12.6. The number of esters is 2. The van der Waals surface area contributed by atoms with Crippen molar-refractivity contribution >= 4 is 19.8 Å². The summed E-state index contributed by atoms with van der Waals surface area (Å²) in [6, 6.07) is 0. The maximum Gasteiger partial charge on any atom is 0.472 e. The predicted molar refractivity (Wildman–Crippen MR) is 247 cm³/mol. The van der Waals surface area contributed by atoms with Gasteiger partial charge in [0.05, 0.1) is 13.2 Å². The van der Waals surface area contributed by atoms with Gasteiger partial charge in [-0.05, 0) is 77.0 Å². The van der Waals surface area contributed by atoms with Crippen LogP contribution in [0.25, 0.3) is 0 Å². The minimum Gasteiger partial charge on any atom is -0.462 e. The number of carbonyl (C=O) groups excluding carboxylic acids is 2. The number of phosphoric acid groups is 1. The molecule has 0 fully saturated rings. The van der Waals surface area contributed by atoms with Gasteiger partial charge in [0.2, 0.25) is 0 Å². The molecule has 0 aromatic heterocycles. The fraction of sp³-hybridized carbons (Fsp3) is 0.714. The van der Waals surface area contributed by atoms with Crippen molar-refractivity contribution in [3.8, 4) is 0 Å². The van der Waals surface area contributed by atoms with E-state index in [9.17, 15) is 19.0 Å². The summed E-state index contributed by atoms with van der Waals surface area (Å²) in [7, 11) is -4.38. The monoisotopic (exact) mass is 848 g/mol. The van der Waals surface area contributed by atoms with Crippen LogP contribution < -0.4 is 5.73 Å². The van der Waals surface area contributed by atoms with Gasteiger partial charge in [-0.25, -0.2) is 4.57 Å². The summed E-state index contributed by atoms with van der Waals surface area (Å²) in [5, 5.41) is 0. The Hall–Kier alpha value is -2.55. The number of rotatable bonds is 43. The molecule has 3 N–H and O–H groups in total. The van der Waals surface area contributed by atoms with Crippen molar-refractivity contribution in [2.24, 2.45) is 5.73 Å². The molecule has 0 aliphatic carbocycles. The highest BCUT2D eigenvalue weighted by Gasteiger charge is 2.26. The second kappa shape index (κ2) is 45.0. The Morgan fingerprint density at radius 2 is 0.932 bits per heavy atom. The van der Waals surface area contributed by atoms with Crippen LogP contribution in [0.5, 0.6) is 0 Å². The Labute approximate surface area is 361 Å². The molecular formula is C49H86NO8P. The van der Waals surface area contributed by atoms with Crippen molar-refractivity contribution in [1.29, 1.82) is 0 Å². The Balaban J connectivity index is 4.06. The van der Waals surface area contributed by atoms with Gasteiger partial charge in [0.15, 0.2) is 6.10 Å². The van der Waals surface area contributed by atoms with Crippen LogP contribution in [0.3, 0.4) is 0 Å². The highest BCUT2D eigenvalue weighted by atomic mass is 31.2. The summed E-state index contributed by atoms with van der Waals surface area (Å²) in [4.78, 5) is 34.9. The third kappa shape index (κ3) is 44.8. The van der Waals surface area contributed by atoms with E-state index in [-0.39, 0.29) is 32.6 Å². The molecule has 0 bridgehead atoms. The van der Waals surface area contributed by atoms with Crippen LogP contribution in [0, 0.1) is 0 Å². The van der Waals surface area contributed by atoms with Crippen molar-refractivity contribution in [1.82, 2.24) is 0 Å². The van der Waals surface area contributed by atoms with Crippen molar-refractivity contribution in [2.45, 2.75) is 200 Å². The van der Waals surface area contributed by atoms with Crippen LogP contribution in [0.15, 0.2) is 72.9 Å². The highest BCUT2D eigenvalue weighted by Crippen LogP contribution is 2.43. The van der Waals surface area contributed by atoms with Crippen molar-refractivity contribution < 1.29 is 37.6 Å². The Bertz CT molecular complexity index is 1190. The lowest BCUT2D eigenvalue weighted by Crippen LogP contribution is -2.29. The molecule has 0 heterocycles. The van der Waals surface area contributed by atoms with Crippen LogP contribution in [0.1, 0.15) is 194 Å². The van der Waals surface area contributed by atoms with E-state index < -0.39 is 32.5 Å². The van der Waals surface area contributed by atoms with Crippen LogP contribution >= 0.6 is 7.82 Å². The number of carbonyl (C=O) groups is 2. The summed E-state index contributed by atoms with van der Waals surface area (Å²) in [6.07, 6.45) is 55.1. The molecule has 9 nitrogen and oxygen atoms in total. The second-order valence-corrected chi connectivity index (χ2v) is 16.7. The third-order valence-electron chi connectivity index (χ3n) is 9.56. The standard InChI is InChI=1S/C49H86NO8P/c1-3-5-7-9-11-13-15-17-18-19-20-21-22-23-24-25-26-27-28-30-32-34-36-38-40-42-49(52)58-47(46-57-59(53,54)56-44-43-50)45-55-48(51)41-39-37-35-33-31-29-16-14-12-10-8-6-4-2/h5,7-8,10-11,13-14,16-18,20-21,47H,3-4,6,9,12,15,19,22-46,50H2,1-2H3,(H,53,54)/b7-5-,10-8-,13-11-,16-14-,18-17-,21-20-. The van der Waals surface area contributed by atoms with Crippen LogP contribution in [0.4, 0.5) is 0 Å². The number of hydrogen-bond donors (Lipinski definition) is 2. The Morgan fingerprint density at radius 1 is 0.525 bits per heavy atom. The molecule has 0 spiro atoms. The first-order valence-corrected chi connectivity index (χ1v) is 24.9. The first kappa shape index (κ1) is 56.5. The van der Waals surface area contributed by atoms with Gasteiger partial charge in [0.25, 0.3) is 0 Å². The molecule has 340 valence electrons. The highest BCUT2D eigenvalue weighted by molar-refractivity contribution is 7.47. The van der Waals surface area contributed by atoms with E-state index >= 15 is 0 Å². The van der Waals surface area contributed by atoms with Gasteiger partial charge < -0.3 is 20.1 Å². The number of ether oxygens (including phenoxy) is 2. The molecule has 2 atom stereocenters. The maximum absolute atomic E-state index is 12.6. The number of allylic oxidation sites excluding steroid dienone is 12. The fourth-order valence-electron chi connectivity index (χ4n) is 6.13. The topological polar surface area (TPSA) is 134 Å². The summed E-state index contributed by atoms with van der Waals surface area (Å²) >= 11 is 0. The largest absolute Gasteiger partial charge is 0.472 e. The van der Waals surface area contributed by atoms with E-state index in [1.165, 1.54) is 64.2 Å². The smallest absolute Gasteiger partial charge is 0.462 e. The van der Waals surface area contributed by atoms with E-state index in [0.717, 1.165) is 89.9 Å². The molecule has 10 heteroatoms. The molecule has 0 saturated heterocycles. The average molecular weight is 848 g/mol. The lowest BCUT2D eigenvalue weighted by Gasteiger charge is -2.19. The SMILES string of the molecule is CC/C=C\C/C=C\C/C=C\C/C=C\CCCCCCCCCCCCCCC(=O)OC(COC(=O)CCCCCCC/C=C\C/C=C\CCC)COP(=O)(O)OCCN. The number of unbranched alkanes of at least 4 members (excludes halogenated alkanes) is 18. The van der Waals surface area contributed by atoms with Crippen molar-refractivity contribution in [3.05, 3.63) is 72.9 Å². The van der Waals surface area contributed by atoms with E-state index in [0.29, 0.717) is 12.8 Å². The number of nitrogens with two attached hydrogens (primary N) is 1. The van der Waals surface area contributed by atoms with Gasteiger partial charge in [0.1, 0.15) is 6.61 Å². The first-order valence-electron chi connectivity index (χ1n) is 23.4. The van der Waals surface area contributed by atoms with Crippen LogP contribution in [-0.4, -0.2) is 49.3 Å². The van der Waals surface area contributed by atoms with Crippen LogP contribution in [0.2, 0.25) is 0 Å². The predicted octanol–water partition coefficient (Wildman–Crippen LogP) is 13.8. The summed E-state index contributed by atoms with van der Waals surface area (Å²) in [5.41, 5.74) is 5.35. The molecule has 0 amide bonds. The van der Waals surface area contributed by atoms with Crippen LogP contribution in [-0.2, 0) is 32.7 Å². The minimum absolute atomic E-state index is 0.0482. The van der Waals surface area contributed by atoms with Gasteiger partial charge in [-0.2, -0.15) is 0 Å². The molecule has 2 unspecified atom stereocenters. The van der Waals surface area contributed by atoms with Gasteiger partial charge in [-0.15, -0.1) is 0 Å². The summed E-state index contributed by atoms with van der Waals surface area (Å²) < 4.78 is 32.8. The van der Waals surface area contributed by atoms with Crippen molar-refractivity contribution in [2.75, 3.05) is 26.4 Å². The van der Waals surface area contributed by atoms with E-state index in [1.807, 2.05) is 0 Å². The fourth-order valence-corrected chi connectivity index (χ4v) is 6.90. The molecule has 0 aliphatic heterocycles. The molecule has 0 aliphatic rings. The zero-order valence-corrected chi connectivity index (χ0v) is 38.4. The summed E-state index contributed by atoms with van der Waals surface area (Å²) in [6.45, 7) is 3.53. The molecular weight excluding hydrogens is 762 g/mol. The molecule has 0 saturated carbocycles. The molecule has 0 aromatic carbocycles. The zero-order chi connectivity index (χ0) is 43.2. The third-order valence-corrected chi connectivity index (χ3v) is 10.5. The Kier molecular flexibility index (Phi) is 43.0. The van der Waals surface area contributed by atoms with Gasteiger partial charge in [-0.3, -0.25) is 18.6 Å². The average Bonchev–Trinajstić information content (AvgIpc) is 3.22. The molecule has 0 rings (SSSR count). The molecule has 0 radical (unpaired) electrons. The van der Waals surface area contributed by atoms with E-state index in [2.05, 4.69) is 86.8 Å². The number of hydrogen-bond acceptors (Lipinski definition) is 8. The van der Waals surface area contributed by atoms with Gasteiger partial charge >= 0.3 is 19.8 Å². The molecule has 0 aromatic rings. The number of phosphoric ester groups is 1. The Morgan fingerprint density at radius 3 is 1.39 bits per heavy atom. The molecule has 59 heavy (non-hydrogen) atoms. The van der Waals surface area contributed by atoms with E-state index in [4.69, 9.17) is 24.3 Å². The van der Waals surface area contributed by atoms with Gasteiger partial charge in [-0.1, -0.05) is 177 Å². The van der Waals surface area contributed by atoms with E-state index in [1.54, 1.807) is 0 Å². The summed E-state index contributed by atoms with van der Waals surface area (Å²) in [5.74, 6) is -0.850. The lowest BCUT2D eigenvalue weighted by atomic mass is 10.0. The first-order chi connectivity index (χ1) is 28.8. The van der Waals surface area contributed by atoms with Gasteiger partial charge in [0, 0.05) is 19.4 Å². The second-order valence-electron chi connectivity index (χ2n) is 15.2. The normalized spacial score (nSPS) is 13.9. The van der Waals surface area contributed by atoms with Crippen molar-refractivity contribution in [3.63, 3.8) is 0 Å².